The van der Waals surface area contributed by atoms with Crippen LogP contribution in [-0.4, -0.2) is 44.3 Å². The molecule has 4 rings (SSSR count). The number of rotatable bonds is 13. The Bertz CT molecular complexity index is 1660. The van der Waals surface area contributed by atoms with E-state index in [1.807, 2.05) is 88.4 Å². The normalized spacial score (nSPS) is 12.0. The highest BCUT2D eigenvalue weighted by Crippen LogP contribution is 2.26. The lowest BCUT2D eigenvalue weighted by Crippen LogP contribution is -2.53. The van der Waals surface area contributed by atoms with Crippen molar-refractivity contribution in [3.63, 3.8) is 0 Å². The van der Waals surface area contributed by atoms with Gasteiger partial charge in [0.05, 0.1) is 10.6 Å². The van der Waals surface area contributed by atoms with Gasteiger partial charge in [-0.25, -0.2) is 8.42 Å². The molecule has 44 heavy (non-hydrogen) atoms. The Balaban J connectivity index is 1.79. The predicted molar refractivity (Wildman–Crippen MR) is 176 cm³/mol. The number of aryl methyl sites for hydroxylation is 2. The first-order valence-corrected chi connectivity index (χ1v) is 16.3. The summed E-state index contributed by atoms with van der Waals surface area (Å²) in [5.41, 5.74) is 4.00. The van der Waals surface area contributed by atoms with Crippen LogP contribution in [0.3, 0.4) is 0 Å². The van der Waals surface area contributed by atoms with Crippen LogP contribution >= 0.6 is 0 Å². The van der Waals surface area contributed by atoms with E-state index >= 15 is 0 Å². The highest BCUT2D eigenvalue weighted by molar-refractivity contribution is 7.92. The summed E-state index contributed by atoms with van der Waals surface area (Å²) in [6.45, 7) is 7.98. The molecule has 1 atom stereocenters. The van der Waals surface area contributed by atoms with Crippen molar-refractivity contribution in [2.75, 3.05) is 17.4 Å². The molecule has 4 aromatic rings. The summed E-state index contributed by atoms with van der Waals surface area (Å²) in [7, 11) is -4.12. The maximum Gasteiger partial charge on any atom is 0.264 e. The van der Waals surface area contributed by atoms with Crippen LogP contribution in [0.15, 0.2) is 114 Å². The van der Waals surface area contributed by atoms with Gasteiger partial charge in [0.2, 0.25) is 11.8 Å². The number of carbonyl (C=O) groups is 2. The Morgan fingerprint density at radius 3 is 1.95 bits per heavy atom. The zero-order valence-electron chi connectivity index (χ0n) is 25.8. The monoisotopic (exact) mass is 611 g/mol. The first-order chi connectivity index (χ1) is 21.0. The lowest BCUT2D eigenvalue weighted by Gasteiger charge is -2.34. The number of nitrogens with zero attached hydrogens (tertiary/aromatic N) is 2. The SMILES string of the molecule is Cc1cccc(CN(C(=O)CN(c2cccc(C)c2)S(=O)(=O)c2ccccc2)[C@@H](Cc2ccccc2)C(=O)NCC(C)C)c1. The first kappa shape index (κ1) is 32.5. The summed E-state index contributed by atoms with van der Waals surface area (Å²) in [6.07, 6.45) is 0.276. The topological polar surface area (TPSA) is 86.8 Å². The fraction of sp³-hybridized carbons (Fsp3) is 0.278. The molecule has 7 nitrogen and oxygen atoms in total. The van der Waals surface area contributed by atoms with Crippen molar-refractivity contribution in [3.05, 3.63) is 131 Å². The maximum atomic E-state index is 14.5. The molecule has 0 unspecified atom stereocenters. The Hall–Kier alpha value is -4.43. The van der Waals surface area contributed by atoms with E-state index in [4.69, 9.17) is 0 Å². The van der Waals surface area contributed by atoms with E-state index in [0.29, 0.717) is 12.2 Å². The summed E-state index contributed by atoms with van der Waals surface area (Å²) in [4.78, 5) is 29.9. The van der Waals surface area contributed by atoms with Gasteiger partial charge in [-0.05, 0) is 60.7 Å². The fourth-order valence-electron chi connectivity index (χ4n) is 5.02. The van der Waals surface area contributed by atoms with Crippen LogP contribution in [0.2, 0.25) is 0 Å². The number of hydrogen-bond acceptors (Lipinski definition) is 4. The Morgan fingerprint density at radius 1 is 0.750 bits per heavy atom. The zero-order chi connectivity index (χ0) is 31.7. The van der Waals surface area contributed by atoms with Crippen LogP contribution in [0.5, 0.6) is 0 Å². The first-order valence-electron chi connectivity index (χ1n) is 14.9. The van der Waals surface area contributed by atoms with Crippen LogP contribution < -0.4 is 9.62 Å². The highest BCUT2D eigenvalue weighted by Gasteiger charge is 2.34. The molecule has 0 aliphatic carbocycles. The van der Waals surface area contributed by atoms with E-state index in [9.17, 15) is 18.0 Å². The molecule has 0 aromatic heterocycles. The minimum atomic E-state index is -4.12. The second kappa shape index (κ2) is 14.8. The van der Waals surface area contributed by atoms with Crippen molar-refractivity contribution in [2.45, 2.75) is 51.6 Å². The van der Waals surface area contributed by atoms with Crippen LogP contribution in [0.25, 0.3) is 0 Å². The standard InChI is InChI=1S/C36H41N3O4S/c1-27(2)24-37-36(41)34(23-30-15-7-5-8-16-30)38(25-31-17-11-13-28(3)21-31)35(40)26-39(32-18-12-14-29(4)22-32)44(42,43)33-19-9-6-10-20-33/h5-22,27,34H,23-26H2,1-4H3,(H,37,41)/t34-/m0/s1. The molecule has 0 saturated carbocycles. The molecule has 0 heterocycles. The average molecular weight is 612 g/mol. The quantitative estimate of drug-likeness (QED) is 0.204. The van der Waals surface area contributed by atoms with Gasteiger partial charge in [0.15, 0.2) is 0 Å². The van der Waals surface area contributed by atoms with Crippen LogP contribution in [-0.2, 0) is 32.6 Å². The third-order valence-electron chi connectivity index (χ3n) is 7.29. The van der Waals surface area contributed by atoms with Gasteiger partial charge in [-0.1, -0.05) is 104 Å². The van der Waals surface area contributed by atoms with E-state index < -0.39 is 28.5 Å². The molecule has 0 bridgehead atoms. The number of amides is 2. The molecule has 8 heteroatoms. The number of anilines is 1. The van der Waals surface area contributed by atoms with Gasteiger partial charge in [0.25, 0.3) is 10.0 Å². The van der Waals surface area contributed by atoms with Crippen molar-refractivity contribution in [3.8, 4) is 0 Å². The summed E-state index contributed by atoms with van der Waals surface area (Å²) in [5, 5.41) is 3.02. The van der Waals surface area contributed by atoms with Crippen molar-refractivity contribution in [1.29, 1.82) is 0 Å². The molecule has 0 radical (unpaired) electrons. The smallest absolute Gasteiger partial charge is 0.264 e. The van der Waals surface area contributed by atoms with Gasteiger partial charge in [-0.2, -0.15) is 0 Å². The van der Waals surface area contributed by atoms with Crippen molar-refractivity contribution < 1.29 is 18.0 Å². The van der Waals surface area contributed by atoms with Gasteiger partial charge in [0.1, 0.15) is 12.6 Å². The number of carbonyl (C=O) groups excluding carboxylic acids is 2. The molecule has 0 spiro atoms. The second-order valence-electron chi connectivity index (χ2n) is 11.5. The average Bonchev–Trinajstić information content (AvgIpc) is 3.01. The van der Waals surface area contributed by atoms with Gasteiger partial charge in [0, 0.05) is 19.5 Å². The summed E-state index contributed by atoms with van der Waals surface area (Å²) in [6, 6.07) is 31.6. The van der Waals surface area contributed by atoms with E-state index in [1.54, 1.807) is 36.4 Å². The lowest BCUT2D eigenvalue weighted by molar-refractivity contribution is -0.140. The van der Waals surface area contributed by atoms with Crippen LogP contribution in [0, 0.1) is 19.8 Å². The molecule has 0 fully saturated rings. The summed E-state index contributed by atoms with van der Waals surface area (Å²) >= 11 is 0. The fourth-order valence-corrected chi connectivity index (χ4v) is 6.44. The van der Waals surface area contributed by atoms with Crippen LogP contribution in [0.4, 0.5) is 5.69 Å². The number of nitrogens with one attached hydrogen (secondary N) is 1. The van der Waals surface area contributed by atoms with Gasteiger partial charge in [-0.3, -0.25) is 13.9 Å². The molecule has 0 aliphatic rings. The van der Waals surface area contributed by atoms with E-state index in [0.717, 1.165) is 26.6 Å². The van der Waals surface area contributed by atoms with E-state index in [1.165, 1.54) is 17.0 Å². The highest BCUT2D eigenvalue weighted by atomic mass is 32.2. The number of sulfonamides is 1. The Labute approximate surface area is 261 Å². The number of benzene rings is 4. The van der Waals surface area contributed by atoms with Gasteiger partial charge >= 0.3 is 0 Å². The van der Waals surface area contributed by atoms with E-state index in [2.05, 4.69) is 5.32 Å². The molecular formula is C36H41N3O4S. The molecule has 0 saturated heterocycles. The third-order valence-corrected chi connectivity index (χ3v) is 9.08. The maximum absolute atomic E-state index is 14.5. The largest absolute Gasteiger partial charge is 0.354 e. The molecular weight excluding hydrogens is 570 g/mol. The molecule has 0 aliphatic heterocycles. The minimum Gasteiger partial charge on any atom is -0.354 e. The minimum absolute atomic E-state index is 0.0788. The zero-order valence-corrected chi connectivity index (χ0v) is 26.6. The predicted octanol–water partition coefficient (Wildman–Crippen LogP) is 5.91. The van der Waals surface area contributed by atoms with Crippen molar-refractivity contribution in [2.24, 2.45) is 5.92 Å². The lowest BCUT2D eigenvalue weighted by atomic mass is 10.0. The molecule has 4 aromatic carbocycles. The van der Waals surface area contributed by atoms with Crippen molar-refractivity contribution in [1.82, 2.24) is 10.2 Å². The Morgan fingerprint density at radius 2 is 1.34 bits per heavy atom. The summed E-state index contributed by atoms with van der Waals surface area (Å²) in [5.74, 6) is -0.546. The Kier molecular flexibility index (Phi) is 11.0. The van der Waals surface area contributed by atoms with Crippen molar-refractivity contribution >= 4 is 27.5 Å². The summed E-state index contributed by atoms with van der Waals surface area (Å²) < 4.78 is 29.3. The molecule has 2 amide bonds. The van der Waals surface area contributed by atoms with E-state index in [-0.39, 0.29) is 29.7 Å². The second-order valence-corrected chi connectivity index (χ2v) is 13.4. The molecule has 1 N–H and O–H groups in total. The van der Waals surface area contributed by atoms with Gasteiger partial charge in [-0.15, -0.1) is 0 Å². The van der Waals surface area contributed by atoms with Crippen LogP contribution in [0.1, 0.15) is 36.1 Å². The molecule has 230 valence electrons. The number of hydrogen-bond donors (Lipinski definition) is 1. The third kappa shape index (κ3) is 8.57. The van der Waals surface area contributed by atoms with Gasteiger partial charge < -0.3 is 10.2 Å².